The monoisotopic (exact) mass is 325 g/mol. The van der Waals surface area contributed by atoms with Gasteiger partial charge in [-0.1, -0.05) is 29.3 Å². The first-order valence-electron chi connectivity index (χ1n) is 6.04. The van der Waals surface area contributed by atoms with Gasteiger partial charge in [0.05, 0.1) is 30.5 Å². The minimum Gasteiger partial charge on any atom is -0.493 e. The Kier molecular flexibility index (Phi) is 4.94. The van der Waals surface area contributed by atoms with Crippen molar-refractivity contribution in [2.45, 2.75) is 0 Å². The standard InChI is InChI=1S/C15H13Cl2NO3/c1-20-13-5-3-4-10(14(13)21-2)15(19)18-12-8-9(16)6-7-11(12)17/h3-8H,1-2H3,(H,18,19). The molecule has 1 N–H and O–H groups in total. The zero-order valence-electron chi connectivity index (χ0n) is 11.4. The molecular weight excluding hydrogens is 313 g/mol. The van der Waals surface area contributed by atoms with E-state index >= 15 is 0 Å². The molecule has 2 rings (SSSR count). The number of carbonyl (C=O) groups is 1. The molecule has 2 aromatic rings. The predicted molar refractivity (Wildman–Crippen MR) is 84.0 cm³/mol. The Morgan fingerprint density at radius 2 is 1.86 bits per heavy atom. The molecule has 2 aromatic carbocycles. The van der Waals surface area contributed by atoms with Crippen LogP contribution in [0.3, 0.4) is 0 Å². The van der Waals surface area contributed by atoms with E-state index in [2.05, 4.69) is 5.32 Å². The Balaban J connectivity index is 2.35. The van der Waals surface area contributed by atoms with Crippen LogP contribution in [0.2, 0.25) is 10.0 Å². The number of hydrogen-bond donors (Lipinski definition) is 1. The first-order valence-corrected chi connectivity index (χ1v) is 6.79. The number of nitrogens with one attached hydrogen (secondary N) is 1. The summed E-state index contributed by atoms with van der Waals surface area (Å²) >= 11 is 11.9. The van der Waals surface area contributed by atoms with Crippen LogP contribution in [0.15, 0.2) is 36.4 Å². The fourth-order valence-corrected chi connectivity index (χ4v) is 2.19. The number of anilines is 1. The minimum atomic E-state index is -0.366. The lowest BCUT2D eigenvalue weighted by Gasteiger charge is -2.13. The molecule has 0 saturated heterocycles. The van der Waals surface area contributed by atoms with Gasteiger partial charge >= 0.3 is 0 Å². The van der Waals surface area contributed by atoms with Crippen LogP contribution in [0.25, 0.3) is 0 Å². The van der Waals surface area contributed by atoms with Crippen molar-refractivity contribution in [2.75, 3.05) is 19.5 Å². The highest BCUT2D eigenvalue weighted by atomic mass is 35.5. The lowest BCUT2D eigenvalue weighted by atomic mass is 10.1. The van der Waals surface area contributed by atoms with Crippen molar-refractivity contribution in [3.63, 3.8) is 0 Å². The minimum absolute atomic E-state index is 0.341. The second kappa shape index (κ2) is 6.70. The molecule has 0 radical (unpaired) electrons. The van der Waals surface area contributed by atoms with Gasteiger partial charge in [-0.15, -0.1) is 0 Å². The van der Waals surface area contributed by atoms with Crippen LogP contribution in [0.5, 0.6) is 11.5 Å². The Morgan fingerprint density at radius 1 is 1.10 bits per heavy atom. The molecule has 1 amide bonds. The van der Waals surface area contributed by atoms with Gasteiger partial charge in [-0.3, -0.25) is 4.79 Å². The lowest BCUT2D eigenvalue weighted by Crippen LogP contribution is -2.14. The molecule has 0 atom stereocenters. The number of methoxy groups -OCH3 is 2. The van der Waals surface area contributed by atoms with Gasteiger partial charge in [0.1, 0.15) is 0 Å². The molecule has 0 aliphatic heterocycles. The van der Waals surface area contributed by atoms with E-state index in [1.807, 2.05) is 0 Å². The summed E-state index contributed by atoms with van der Waals surface area (Å²) in [6.45, 7) is 0. The Morgan fingerprint density at radius 3 is 2.52 bits per heavy atom. The maximum Gasteiger partial charge on any atom is 0.259 e. The Hall–Kier alpha value is -1.91. The van der Waals surface area contributed by atoms with Gasteiger partial charge < -0.3 is 14.8 Å². The quantitative estimate of drug-likeness (QED) is 0.913. The average Bonchev–Trinajstić information content (AvgIpc) is 2.49. The number of halogens is 2. The first kappa shape index (κ1) is 15.5. The highest BCUT2D eigenvalue weighted by Gasteiger charge is 2.17. The summed E-state index contributed by atoms with van der Waals surface area (Å²) in [7, 11) is 2.98. The highest BCUT2D eigenvalue weighted by molar-refractivity contribution is 6.35. The van der Waals surface area contributed by atoms with E-state index in [-0.39, 0.29) is 5.91 Å². The van der Waals surface area contributed by atoms with Gasteiger partial charge in [-0.2, -0.15) is 0 Å². The molecule has 0 bridgehead atoms. The van der Waals surface area contributed by atoms with E-state index in [4.69, 9.17) is 32.7 Å². The van der Waals surface area contributed by atoms with Gasteiger partial charge in [0, 0.05) is 5.02 Å². The third-order valence-corrected chi connectivity index (χ3v) is 3.39. The molecule has 0 saturated carbocycles. The van der Waals surface area contributed by atoms with E-state index in [0.29, 0.717) is 32.8 Å². The number of amides is 1. The zero-order valence-corrected chi connectivity index (χ0v) is 13.0. The Labute approximate surface area is 132 Å². The van der Waals surface area contributed by atoms with Gasteiger partial charge in [0.25, 0.3) is 5.91 Å². The van der Waals surface area contributed by atoms with E-state index in [9.17, 15) is 4.79 Å². The molecule has 0 aliphatic carbocycles. The summed E-state index contributed by atoms with van der Waals surface area (Å²) < 4.78 is 10.4. The Bertz CT molecular complexity index is 674. The third kappa shape index (κ3) is 3.40. The predicted octanol–water partition coefficient (Wildman–Crippen LogP) is 4.26. The number of benzene rings is 2. The molecule has 0 fully saturated rings. The van der Waals surface area contributed by atoms with E-state index < -0.39 is 0 Å². The molecule has 0 unspecified atom stereocenters. The van der Waals surface area contributed by atoms with E-state index in [1.165, 1.54) is 14.2 Å². The fourth-order valence-electron chi connectivity index (χ4n) is 1.85. The summed E-state index contributed by atoms with van der Waals surface area (Å²) in [6.07, 6.45) is 0. The molecule has 110 valence electrons. The summed E-state index contributed by atoms with van der Waals surface area (Å²) in [6, 6.07) is 9.88. The molecule has 0 heterocycles. The molecular formula is C15H13Cl2NO3. The van der Waals surface area contributed by atoms with Crippen molar-refractivity contribution in [3.8, 4) is 11.5 Å². The van der Waals surface area contributed by atoms with Crippen LogP contribution in [0.4, 0.5) is 5.69 Å². The lowest BCUT2D eigenvalue weighted by molar-refractivity contribution is 0.102. The van der Waals surface area contributed by atoms with Crippen LogP contribution in [-0.4, -0.2) is 20.1 Å². The van der Waals surface area contributed by atoms with Crippen LogP contribution < -0.4 is 14.8 Å². The molecule has 0 spiro atoms. The first-order chi connectivity index (χ1) is 10.1. The summed E-state index contributed by atoms with van der Waals surface area (Å²) in [5, 5.41) is 3.58. The van der Waals surface area contributed by atoms with E-state index in [0.717, 1.165) is 0 Å². The number of carbonyl (C=O) groups excluding carboxylic acids is 1. The van der Waals surface area contributed by atoms with Crippen molar-refractivity contribution < 1.29 is 14.3 Å². The van der Waals surface area contributed by atoms with Crippen LogP contribution in [0, 0.1) is 0 Å². The SMILES string of the molecule is COc1cccc(C(=O)Nc2cc(Cl)ccc2Cl)c1OC. The number of ether oxygens (including phenoxy) is 2. The molecule has 6 heteroatoms. The van der Waals surface area contributed by atoms with Gasteiger partial charge in [-0.05, 0) is 30.3 Å². The topological polar surface area (TPSA) is 47.6 Å². The van der Waals surface area contributed by atoms with Crippen molar-refractivity contribution in [3.05, 3.63) is 52.0 Å². The zero-order chi connectivity index (χ0) is 15.4. The maximum absolute atomic E-state index is 12.4. The normalized spacial score (nSPS) is 10.1. The number of para-hydroxylation sites is 1. The molecule has 21 heavy (non-hydrogen) atoms. The second-order valence-corrected chi connectivity index (χ2v) is 4.96. The van der Waals surface area contributed by atoms with Crippen molar-refractivity contribution in [1.82, 2.24) is 0 Å². The van der Waals surface area contributed by atoms with Crippen molar-refractivity contribution >= 4 is 34.8 Å². The molecule has 0 aromatic heterocycles. The molecule has 4 nitrogen and oxygen atoms in total. The van der Waals surface area contributed by atoms with Crippen molar-refractivity contribution in [1.29, 1.82) is 0 Å². The maximum atomic E-state index is 12.4. The van der Waals surface area contributed by atoms with Crippen LogP contribution >= 0.6 is 23.2 Å². The summed E-state index contributed by atoms with van der Waals surface area (Å²) in [4.78, 5) is 12.4. The third-order valence-electron chi connectivity index (χ3n) is 2.82. The average molecular weight is 326 g/mol. The van der Waals surface area contributed by atoms with Gasteiger partial charge in [0.2, 0.25) is 0 Å². The van der Waals surface area contributed by atoms with Crippen molar-refractivity contribution in [2.24, 2.45) is 0 Å². The van der Waals surface area contributed by atoms with E-state index in [1.54, 1.807) is 36.4 Å². The summed E-state index contributed by atoms with van der Waals surface area (Å²) in [5.74, 6) is 0.466. The second-order valence-electron chi connectivity index (χ2n) is 4.12. The largest absolute Gasteiger partial charge is 0.493 e. The fraction of sp³-hybridized carbons (Fsp3) is 0.133. The number of hydrogen-bond acceptors (Lipinski definition) is 3. The summed E-state index contributed by atoms with van der Waals surface area (Å²) in [5.41, 5.74) is 0.770. The smallest absolute Gasteiger partial charge is 0.259 e. The van der Waals surface area contributed by atoms with Gasteiger partial charge in [0.15, 0.2) is 11.5 Å². The highest BCUT2D eigenvalue weighted by Crippen LogP contribution is 2.32. The number of rotatable bonds is 4. The van der Waals surface area contributed by atoms with Gasteiger partial charge in [-0.25, -0.2) is 0 Å². The molecule has 0 aliphatic rings. The van der Waals surface area contributed by atoms with Crippen LogP contribution in [0.1, 0.15) is 10.4 Å². The van der Waals surface area contributed by atoms with Crippen LogP contribution in [-0.2, 0) is 0 Å².